The third kappa shape index (κ3) is 46.6. The summed E-state index contributed by atoms with van der Waals surface area (Å²) in [4.78, 5) is 22.7. The van der Waals surface area contributed by atoms with Crippen LogP contribution in [0.25, 0.3) is 0 Å². The van der Waals surface area contributed by atoms with Gasteiger partial charge in [-0.15, -0.1) is 0 Å². The lowest BCUT2D eigenvalue weighted by Gasteiger charge is -2.09. The zero-order valence-electron chi connectivity index (χ0n) is 33.5. The van der Waals surface area contributed by atoms with Crippen LogP contribution in [0.2, 0.25) is 0 Å². The number of methoxy groups -OCH3 is 1. The number of esters is 2. The molecule has 0 amide bonds. The van der Waals surface area contributed by atoms with Gasteiger partial charge in [0.15, 0.2) is 0 Å². The highest BCUT2D eigenvalue weighted by Crippen LogP contribution is 2.13. The van der Waals surface area contributed by atoms with Gasteiger partial charge in [0.1, 0.15) is 13.2 Å². The van der Waals surface area contributed by atoms with Gasteiger partial charge in [-0.3, -0.25) is 4.79 Å². The van der Waals surface area contributed by atoms with Gasteiger partial charge in [-0.25, -0.2) is 4.79 Å². The van der Waals surface area contributed by atoms with Crippen LogP contribution in [0, 0.1) is 0 Å². The molecule has 53 heavy (non-hydrogen) atoms. The van der Waals surface area contributed by atoms with Gasteiger partial charge in [0.2, 0.25) is 0 Å². The van der Waals surface area contributed by atoms with E-state index in [4.69, 9.17) is 52.1 Å². The van der Waals surface area contributed by atoms with E-state index in [1.54, 1.807) is 0 Å². The zero-order chi connectivity index (χ0) is 38.4. The number of hydrogen-bond acceptors (Lipinski definition) is 14. The molecule has 14 heteroatoms. The van der Waals surface area contributed by atoms with E-state index in [0.29, 0.717) is 132 Å². The van der Waals surface area contributed by atoms with Crippen molar-refractivity contribution in [3.63, 3.8) is 0 Å². The van der Waals surface area contributed by atoms with Gasteiger partial charge >= 0.3 is 11.9 Å². The van der Waals surface area contributed by atoms with Crippen molar-refractivity contribution in [2.75, 3.05) is 146 Å². The molecule has 14 nitrogen and oxygen atoms in total. The minimum absolute atomic E-state index is 0.0724. The largest absolute Gasteiger partial charge is 0.467 e. The number of hydrogen-bond donors (Lipinski definition) is 0. The first-order valence-electron chi connectivity index (χ1n) is 20.2. The highest BCUT2D eigenvalue weighted by molar-refractivity contribution is 5.70. The third-order valence-electron chi connectivity index (χ3n) is 7.77. The highest BCUT2D eigenvalue weighted by atomic mass is 16.6. The number of unbranched alkanes of at least 4 members (excludes halogenated alkanes) is 12. The molecule has 0 spiro atoms. The van der Waals surface area contributed by atoms with Crippen LogP contribution in [0.4, 0.5) is 0 Å². The van der Waals surface area contributed by atoms with Crippen molar-refractivity contribution in [1.82, 2.24) is 0 Å². The number of ether oxygens (including phenoxy) is 12. The van der Waals surface area contributed by atoms with E-state index in [-0.39, 0.29) is 19.2 Å². The van der Waals surface area contributed by atoms with Gasteiger partial charge in [-0.2, -0.15) is 0 Å². The fourth-order valence-corrected chi connectivity index (χ4v) is 4.77. The van der Waals surface area contributed by atoms with Gasteiger partial charge in [0, 0.05) is 6.42 Å². The molecule has 316 valence electrons. The summed E-state index contributed by atoms with van der Waals surface area (Å²) in [5, 5.41) is 0. The summed E-state index contributed by atoms with van der Waals surface area (Å²) in [5.41, 5.74) is 0. The van der Waals surface area contributed by atoms with Gasteiger partial charge in [-0.1, -0.05) is 84.0 Å². The number of carbonyl (C=O) groups is 2. The molecular weight excluding hydrogens is 692 g/mol. The molecule has 0 aliphatic rings. The molecule has 0 saturated carbocycles. The quantitative estimate of drug-likeness (QED) is 0.0580. The monoisotopic (exact) mass is 769 g/mol. The molecular formula is C39H76O14. The first-order valence-corrected chi connectivity index (χ1v) is 20.2. The summed E-state index contributed by atoms with van der Waals surface area (Å²) in [6.07, 6.45) is 17.3. The average molecular weight is 769 g/mol. The molecule has 0 aromatic rings. The van der Waals surface area contributed by atoms with Crippen molar-refractivity contribution < 1.29 is 66.4 Å². The molecule has 0 bridgehead atoms. The molecule has 0 heterocycles. The van der Waals surface area contributed by atoms with Crippen molar-refractivity contribution in [3.05, 3.63) is 0 Å². The molecule has 0 N–H and O–H groups in total. The lowest BCUT2D eigenvalue weighted by atomic mass is 10.0. The van der Waals surface area contributed by atoms with Crippen LogP contribution in [0.5, 0.6) is 0 Å². The summed E-state index contributed by atoms with van der Waals surface area (Å²) in [7, 11) is 1.32. The van der Waals surface area contributed by atoms with E-state index >= 15 is 0 Å². The van der Waals surface area contributed by atoms with Crippen LogP contribution < -0.4 is 0 Å². The Kier molecular flexibility index (Phi) is 45.4. The minimum atomic E-state index is -0.409. The summed E-state index contributed by atoms with van der Waals surface area (Å²) in [5.74, 6) is -0.545. The molecule has 0 aliphatic carbocycles. The molecule has 0 atom stereocenters. The molecule has 0 aromatic heterocycles. The van der Waals surface area contributed by atoms with Gasteiger partial charge in [-0.05, 0) is 6.42 Å². The van der Waals surface area contributed by atoms with Crippen LogP contribution >= 0.6 is 0 Å². The molecule has 0 aromatic carbocycles. The third-order valence-corrected chi connectivity index (χ3v) is 7.77. The van der Waals surface area contributed by atoms with Crippen LogP contribution in [-0.2, 0) is 66.4 Å². The molecule has 0 aliphatic heterocycles. The van der Waals surface area contributed by atoms with Crippen LogP contribution in [0.1, 0.15) is 96.8 Å². The first-order chi connectivity index (χ1) is 26.2. The number of carbonyl (C=O) groups excluding carboxylic acids is 2. The highest BCUT2D eigenvalue weighted by Gasteiger charge is 2.03. The van der Waals surface area contributed by atoms with Gasteiger partial charge in [0.05, 0.1) is 133 Å². The second-order valence-electron chi connectivity index (χ2n) is 12.4. The molecule has 0 rings (SSSR count). The van der Waals surface area contributed by atoms with E-state index in [0.717, 1.165) is 12.8 Å². The second kappa shape index (κ2) is 46.7. The predicted molar refractivity (Wildman–Crippen MR) is 201 cm³/mol. The zero-order valence-corrected chi connectivity index (χ0v) is 33.5. The van der Waals surface area contributed by atoms with Crippen molar-refractivity contribution >= 4 is 11.9 Å². The lowest BCUT2D eigenvalue weighted by Crippen LogP contribution is -2.16. The molecule has 0 fully saturated rings. The Bertz CT molecular complexity index is 730. The van der Waals surface area contributed by atoms with E-state index in [2.05, 4.69) is 11.7 Å². The van der Waals surface area contributed by atoms with Gasteiger partial charge in [0.25, 0.3) is 0 Å². The Morgan fingerprint density at radius 1 is 0.321 bits per heavy atom. The van der Waals surface area contributed by atoms with Crippen molar-refractivity contribution in [2.45, 2.75) is 96.8 Å². The molecule has 0 unspecified atom stereocenters. The van der Waals surface area contributed by atoms with Crippen LogP contribution in [-0.4, -0.2) is 158 Å². The molecule has 0 saturated heterocycles. The lowest BCUT2D eigenvalue weighted by molar-refractivity contribution is -0.146. The topological polar surface area (TPSA) is 145 Å². The van der Waals surface area contributed by atoms with E-state index in [1.165, 1.54) is 77.7 Å². The summed E-state index contributed by atoms with van der Waals surface area (Å²) < 4.78 is 63.8. The Labute approximate surface area is 320 Å². The van der Waals surface area contributed by atoms with Crippen LogP contribution in [0.15, 0.2) is 0 Å². The Balaban J connectivity index is 3.13. The van der Waals surface area contributed by atoms with Crippen LogP contribution in [0.3, 0.4) is 0 Å². The standard InChI is InChI=1S/C39H76O14/c1-3-4-5-6-7-8-9-10-11-12-13-14-15-16-38(40)53-36-35-51-32-31-49-28-27-47-24-23-45-20-19-43-17-18-44-21-22-46-25-26-48-29-30-50-33-34-52-37-39(41)42-2/h3-37H2,1-2H3. The SMILES string of the molecule is CCCCCCCCCCCCCCCC(=O)OCCOCCOCCOCCOCCOCCOCCOCCOCCOCCOCC(=O)OC. The van der Waals surface area contributed by atoms with Crippen molar-refractivity contribution in [2.24, 2.45) is 0 Å². The fourth-order valence-electron chi connectivity index (χ4n) is 4.77. The smallest absolute Gasteiger partial charge is 0.331 e. The summed E-state index contributed by atoms with van der Waals surface area (Å²) in [6, 6.07) is 0. The fraction of sp³-hybridized carbons (Fsp3) is 0.949. The Hall–Kier alpha value is -1.46. The number of rotatable bonds is 46. The van der Waals surface area contributed by atoms with Crippen molar-refractivity contribution in [3.8, 4) is 0 Å². The Morgan fingerprint density at radius 2 is 0.585 bits per heavy atom. The van der Waals surface area contributed by atoms with Crippen molar-refractivity contribution in [1.29, 1.82) is 0 Å². The van der Waals surface area contributed by atoms with E-state index < -0.39 is 5.97 Å². The predicted octanol–water partition coefficient (Wildman–Crippen LogP) is 5.35. The van der Waals surface area contributed by atoms with Gasteiger partial charge < -0.3 is 56.8 Å². The maximum atomic E-state index is 11.9. The summed E-state index contributed by atoms with van der Waals surface area (Å²) in [6.45, 7) is 11.2. The van der Waals surface area contributed by atoms with E-state index in [9.17, 15) is 9.59 Å². The normalized spacial score (nSPS) is 11.4. The Morgan fingerprint density at radius 3 is 0.887 bits per heavy atom. The average Bonchev–Trinajstić information content (AvgIpc) is 3.16. The second-order valence-corrected chi connectivity index (χ2v) is 12.4. The maximum absolute atomic E-state index is 11.9. The minimum Gasteiger partial charge on any atom is -0.467 e. The molecule has 0 radical (unpaired) electrons. The maximum Gasteiger partial charge on any atom is 0.331 e. The first kappa shape index (κ1) is 51.5. The van der Waals surface area contributed by atoms with E-state index in [1.807, 2.05) is 0 Å². The summed E-state index contributed by atoms with van der Waals surface area (Å²) >= 11 is 0.